The van der Waals surface area contributed by atoms with Crippen molar-refractivity contribution in [2.45, 2.75) is 60.8 Å². The van der Waals surface area contributed by atoms with Crippen LogP contribution in [0, 0.1) is 53.4 Å². The van der Waals surface area contributed by atoms with E-state index in [4.69, 9.17) is 29.7 Å². The zero-order valence-corrected chi connectivity index (χ0v) is 42.4. The van der Waals surface area contributed by atoms with E-state index >= 15 is 0 Å². The minimum absolute atomic E-state index is 0. The van der Waals surface area contributed by atoms with Crippen molar-refractivity contribution >= 4 is 66.8 Å². The normalized spacial score (nSPS) is 12.6. The Morgan fingerprint density at radius 2 is 1.24 bits per heavy atom. The first-order valence-corrected chi connectivity index (χ1v) is 23.2. The van der Waals surface area contributed by atoms with Crippen molar-refractivity contribution in [3.63, 3.8) is 0 Å². The van der Waals surface area contributed by atoms with Gasteiger partial charge in [0.25, 0.3) is 0 Å². The van der Waals surface area contributed by atoms with Crippen LogP contribution < -0.4 is 14.5 Å². The zero-order chi connectivity index (χ0) is 47.3. The molecule has 70 heavy (non-hydrogen) atoms. The fourth-order valence-corrected chi connectivity index (χ4v) is 10.1. The van der Waals surface area contributed by atoms with Gasteiger partial charge in [0, 0.05) is 66.8 Å². The van der Waals surface area contributed by atoms with Crippen LogP contribution in [0.3, 0.4) is 0 Å². The molecule has 0 atom stereocenters. The van der Waals surface area contributed by atoms with Gasteiger partial charge in [0.15, 0.2) is 5.82 Å². The Labute approximate surface area is 421 Å². The molecule has 5 aromatic heterocycles. The number of rotatable bonds is 7. The fraction of sp³-hybridized carbons (Fsp3) is 0.153. The summed E-state index contributed by atoms with van der Waals surface area (Å²) in [5.41, 5.74) is 13.3. The zero-order valence-electron chi connectivity index (χ0n) is 40.1. The summed E-state index contributed by atoms with van der Waals surface area (Å²) in [7, 11) is 0. The smallest absolute Gasteiger partial charge is 0.239 e. The molecule has 6 aromatic carbocycles. The second-order valence-corrected chi connectivity index (χ2v) is 19.1. The van der Waals surface area contributed by atoms with E-state index < -0.39 is 0 Å². The van der Waals surface area contributed by atoms with Gasteiger partial charge in [0.05, 0.1) is 16.7 Å². The minimum Gasteiger partial charge on any atom is -0.509 e. The first-order valence-electron chi connectivity index (χ1n) is 23.2. The Balaban J connectivity index is 0.00000533. The topological polar surface area (TPSA) is 90.0 Å². The number of ether oxygens (including phenoxy) is 1. The van der Waals surface area contributed by atoms with Crippen LogP contribution in [-0.4, -0.2) is 34.1 Å². The molecule has 1 aliphatic heterocycles. The predicted molar refractivity (Wildman–Crippen MR) is 278 cm³/mol. The first-order chi connectivity index (χ1) is 33.4. The Morgan fingerprint density at radius 3 is 1.99 bits per heavy atom. The molecule has 0 saturated carbocycles. The standard InChI is InChI=1S/C59H48N9O.Pt/c1-35-29-38(4)52(39(5)30-35)55-62-57(64-58(63-55)68-53-36(2)15-11-20-46(53)47-21-12-16-37(3)54(47)68)66-34-65(56-49(66)23-14-27-61-56)41-17-13-18-42(32-41)69-43-24-25-45-44-19-9-10-22-48(44)67(50(45)33-43)51-31-40(26-28-60-51)59(6,7)8;/h9-31,34H,1-8H3;/q-3;. The summed E-state index contributed by atoms with van der Waals surface area (Å²) < 4.78 is 11.0. The summed E-state index contributed by atoms with van der Waals surface area (Å²) in [5, 5.41) is 4.48. The molecule has 0 aliphatic carbocycles. The van der Waals surface area contributed by atoms with E-state index in [0.29, 0.717) is 35.0 Å². The molecular weight excluding hydrogens is 1050 g/mol. The molecule has 348 valence electrons. The van der Waals surface area contributed by atoms with Crippen molar-refractivity contribution in [2.75, 3.05) is 9.80 Å². The largest absolute Gasteiger partial charge is 0.509 e. The molecule has 12 rings (SSSR count). The maximum Gasteiger partial charge on any atom is 0.239 e. The molecule has 11 heteroatoms. The van der Waals surface area contributed by atoms with Crippen LogP contribution in [0.2, 0.25) is 0 Å². The number of para-hydroxylation sites is 3. The molecule has 0 N–H and O–H groups in total. The van der Waals surface area contributed by atoms with Crippen LogP contribution in [0.25, 0.3) is 66.8 Å². The second-order valence-electron chi connectivity index (χ2n) is 19.1. The van der Waals surface area contributed by atoms with Gasteiger partial charge in [-0.2, -0.15) is 27.1 Å². The molecule has 0 amide bonds. The van der Waals surface area contributed by atoms with Gasteiger partial charge in [-0.1, -0.05) is 104 Å². The van der Waals surface area contributed by atoms with Gasteiger partial charge in [0.2, 0.25) is 11.9 Å². The average molecular weight is 1090 g/mol. The molecule has 6 heterocycles. The van der Waals surface area contributed by atoms with Gasteiger partial charge in [-0.25, -0.2) is 9.97 Å². The quantitative estimate of drug-likeness (QED) is 0.146. The summed E-state index contributed by atoms with van der Waals surface area (Å²) in [6.45, 7) is 19.3. The molecule has 0 radical (unpaired) electrons. The van der Waals surface area contributed by atoms with Gasteiger partial charge in [0.1, 0.15) is 11.6 Å². The number of hydrogen-bond donors (Lipinski definition) is 0. The van der Waals surface area contributed by atoms with Crippen LogP contribution in [0.15, 0.2) is 140 Å². The van der Waals surface area contributed by atoms with Crippen LogP contribution in [0.4, 0.5) is 23.1 Å². The monoisotopic (exact) mass is 1090 g/mol. The maximum atomic E-state index is 6.64. The van der Waals surface area contributed by atoms with Crippen LogP contribution in [-0.2, 0) is 26.5 Å². The van der Waals surface area contributed by atoms with Crippen molar-refractivity contribution in [3.05, 3.63) is 192 Å². The average Bonchev–Trinajstić information content (AvgIpc) is 4.00. The van der Waals surface area contributed by atoms with E-state index in [-0.39, 0.29) is 26.5 Å². The summed E-state index contributed by atoms with van der Waals surface area (Å²) in [5.74, 6) is 4.18. The molecule has 10 nitrogen and oxygen atoms in total. The number of hydrogen-bond acceptors (Lipinski definition) is 8. The number of fused-ring (bicyclic) bond motifs is 7. The third-order valence-corrected chi connectivity index (χ3v) is 13.3. The van der Waals surface area contributed by atoms with Crippen molar-refractivity contribution in [1.29, 1.82) is 0 Å². The summed E-state index contributed by atoms with van der Waals surface area (Å²) in [6, 6.07) is 51.0. The van der Waals surface area contributed by atoms with Gasteiger partial charge in [-0.15, -0.1) is 42.4 Å². The molecule has 0 saturated heterocycles. The Hall–Kier alpha value is -7.68. The summed E-state index contributed by atoms with van der Waals surface area (Å²) in [6.07, 6.45) is 3.69. The number of pyridine rings is 2. The van der Waals surface area contributed by atoms with Gasteiger partial charge < -0.3 is 19.1 Å². The SMILES string of the molecule is Cc1cc(C)c(-c2nc(N3[CH-]N(c4[c-]c(Oc5[c-]c6c(cc5)c5ccccc5n6-c5cc(C(C)(C)C)ccn5)ccc4)c4ncccc43)nc(-n3c4c(C)cccc4c4cccc(C)c43)n2)c(C)c1.[Pt]. The Kier molecular flexibility index (Phi) is 10.9. The molecule has 11 aromatic rings. The van der Waals surface area contributed by atoms with E-state index in [9.17, 15) is 0 Å². The minimum atomic E-state index is -0.0438. The molecule has 0 spiro atoms. The first kappa shape index (κ1) is 44.8. The van der Waals surface area contributed by atoms with Crippen molar-refractivity contribution in [3.8, 4) is 34.7 Å². The van der Waals surface area contributed by atoms with E-state index in [2.05, 4.69) is 168 Å². The van der Waals surface area contributed by atoms with Gasteiger partial charge in [-0.05, 0) is 104 Å². The van der Waals surface area contributed by atoms with Crippen molar-refractivity contribution in [2.24, 2.45) is 0 Å². The molecular formula is C59H48N9OPt-3. The van der Waals surface area contributed by atoms with Gasteiger partial charge >= 0.3 is 0 Å². The molecule has 0 fully saturated rings. The summed E-state index contributed by atoms with van der Waals surface area (Å²) in [4.78, 5) is 29.8. The number of benzene rings is 6. The molecule has 0 bridgehead atoms. The number of anilines is 4. The molecule has 0 unspecified atom stereocenters. The van der Waals surface area contributed by atoms with E-state index in [1.807, 2.05) is 59.1 Å². The Morgan fingerprint density at radius 1 is 0.557 bits per heavy atom. The predicted octanol–water partition coefficient (Wildman–Crippen LogP) is 14.2. The maximum absolute atomic E-state index is 6.64. The Bertz CT molecular complexity index is 3800. The number of nitrogens with zero attached hydrogens (tertiary/aromatic N) is 9. The van der Waals surface area contributed by atoms with Crippen LogP contribution in [0.5, 0.6) is 11.5 Å². The van der Waals surface area contributed by atoms with Crippen LogP contribution >= 0.6 is 0 Å². The number of aromatic nitrogens is 7. The fourth-order valence-electron chi connectivity index (χ4n) is 10.1. The third-order valence-electron chi connectivity index (χ3n) is 13.3. The molecule has 1 aliphatic rings. The van der Waals surface area contributed by atoms with Gasteiger partial charge in [-0.3, -0.25) is 4.57 Å². The van der Waals surface area contributed by atoms with Crippen LogP contribution in [0.1, 0.15) is 54.2 Å². The second kappa shape index (κ2) is 17.1. The van der Waals surface area contributed by atoms with E-state index in [0.717, 1.165) is 88.6 Å². The van der Waals surface area contributed by atoms with E-state index in [1.165, 1.54) is 11.1 Å². The summed E-state index contributed by atoms with van der Waals surface area (Å²) >= 11 is 0. The van der Waals surface area contributed by atoms with Crippen molar-refractivity contribution in [1.82, 2.24) is 34.1 Å². The van der Waals surface area contributed by atoms with Crippen molar-refractivity contribution < 1.29 is 25.8 Å². The number of aryl methyl sites for hydroxylation is 5. The third kappa shape index (κ3) is 7.40. The van der Waals surface area contributed by atoms with E-state index in [1.54, 1.807) is 6.20 Å².